The first-order chi connectivity index (χ1) is 12.2. The lowest BCUT2D eigenvalue weighted by Crippen LogP contribution is -2.48. The Labute approximate surface area is 155 Å². The second-order valence-corrected chi connectivity index (χ2v) is 10.6. The van der Waals surface area contributed by atoms with E-state index in [0.29, 0.717) is 36.0 Å². The van der Waals surface area contributed by atoms with Crippen molar-refractivity contribution >= 4 is 25.4 Å². The second-order valence-electron chi connectivity index (χ2n) is 6.54. The highest BCUT2D eigenvalue weighted by molar-refractivity contribution is 7.91. The summed E-state index contributed by atoms with van der Waals surface area (Å²) in [5.41, 5.74) is 1.98. The number of nitrogens with one attached hydrogen (secondary N) is 1. The van der Waals surface area contributed by atoms with Gasteiger partial charge in [-0.25, -0.2) is 17.4 Å². The highest BCUT2D eigenvalue weighted by atomic mass is 32.2. The van der Waals surface area contributed by atoms with Crippen molar-refractivity contribution in [2.45, 2.75) is 16.7 Å². The van der Waals surface area contributed by atoms with Gasteiger partial charge in [-0.3, -0.25) is 0 Å². The van der Waals surface area contributed by atoms with Gasteiger partial charge < -0.3 is 4.90 Å². The molecule has 0 bridgehead atoms. The maximum absolute atomic E-state index is 12.8. The van der Waals surface area contributed by atoms with Crippen LogP contribution in [0.4, 0.5) is 5.69 Å². The molecule has 140 valence electrons. The number of nitrogens with zero attached hydrogens (tertiary/aromatic N) is 2. The van der Waals surface area contributed by atoms with Gasteiger partial charge in [0.25, 0.3) is 0 Å². The molecule has 0 spiro atoms. The first kappa shape index (κ1) is 18.9. The van der Waals surface area contributed by atoms with E-state index in [1.165, 1.54) is 10.6 Å². The fraction of sp³-hybridized carbons (Fsp3) is 0.333. The van der Waals surface area contributed by atoms with E-state index in [-0.39, 0.29) is 0 Å². The standard InChI is InChI=1S/C18H23N3O3S2/c1-15-3-7-18(8-4-15)26(23,24)21-13-11-20(12-14-21)16-5-9-17(10-6-16)25(2,19)22/h3-10,19H,11-14H2,1-2H3. The predicted molar refractivity (Wildman–Crippen MR) is 104 cm³/mol. The maximum Gasteiger partial charge on any atom is 0.243 e. The van der Waals surface area contributed by atoms with Crippen LogP contribution in [0, 0.1) is 11.7 Å². The summed E-state index contributed by atoms with van der Waals surface area (Å²) in [6, 6.07) is 14.0. The van der Waals surface area contributed by atoms with Gasteiger partial charge in [-0.15, -0.1) is 0 Å². The Bertz CT molecular complexity index is 975. The van der Waals surface area contributed by atoms with Crippen LogP contribution in [-0.2, 0) is 19.8 Å². The average molecular weight is 394 g/mol. The molecule has 8 heteroatoms. The van der Waals surface area contributed by atoms with E-state index >= 15 is 0 Å². The van der Waals surface area contributed by atoms with Gasteiger partial charge in [0.1, 0.15) is 0 Å². The zero-order valence-electron chi connectivity index (χ0n) is 14.9. The summed E-state index contributed by atoms with van der Waals surface area (Å²) >= 11 is 0. The number of piperazine rings is 1. The van der Waals surface area contributed by atoms with E-state index in [1.54, 1.807) is 24.3 Å². The third kappa shape index (κ3) is 3.92. The van der Waals surface area contributed by atoms with Crippen molar-refractivity contribution in [2.75, 3.05) is 37.3 Å². The summed E-state index contributed by atoms with van der Waals surface area (Å²) in [7, 11) is -6.18. The molecule has 2 aromatic rings. The van der Waals surface area contributed by atoms with Gasteiger partial charge in [0, 0.05) is 43.0 Å². The molecule has 1 aliphatic rings. The third-order valence-electron chi connectivity index (χ3n) is 4.55. The summed E-state index contributed by atoms with van der Waals surface area (Å²) in [6.07, 6.45) is 1.40. The topological polar surface area (TPSA) is 81.5 Å². The molecule has 0 aromatic heterocycles. The molecule has 1 saturated heterocycles. The first-order valence-corrected chi connectivity index (χ1v) is 11.7. The van der Waals surface area contributed by atoms with Gasteiger partial charge in [-0.05, 0) is 43.3 Å². The summed E-state index contributed by atoms with van der Waals surface area (Å²) in [6.45, 7) is 3.94. The largest absolute Gasteiger partial charge is 0.369 e. The molecule has 2 aromatic carbocycles. The van der Waals surface area contributed by atoms with Gasteiger partial charge in [0.15, 0.2) is 0 Å². The minimum atomic E-state index is -3.47. The maximum atomic E-state index is 12.8. The molecule has 6 nitrogen and oxygen atoms in total. The minimum Gasteiger partial charge on any atom is -0.369 e. The highest BCUT2D eigenvalue weighted by Crippen LogP contribution is 2.23. The van der Waals surface area contributed by atoms with E-state index in [9.17, 15) is 12.6 Å². The van der Waals surface area contributed by atoms with Crippen molar-refractivity contribution in [1.29, 1.82) is 4.78 Å². The second kappa shape index (κ2) is 7.02. The number of sulfonamides is 1. The fourth-order valence-corrected chi connectivity index (χ4v) is 5.04. The molecule has 3 rings (SSSR count). The van der Waals surface area contributed by atoms with Gasteiger partial charge in [-0.2, -0.15) is 4.31 Å². The van der Waals surface area contributed by atoms with Crippen LogP contribution in [0.15, 0.2) is 58.3 Å². The Kier molecular flexibility index (Phi) is 5.09. The molecule has 1 aliphatic heterocycles. The molecule has 0 saturated carbocycles. The Morgan fingerprint density at radius 3 is 1.81 bits per heavy atom. The highest BCUT2D eigenvalue weighted by Gasteiger charge is 2.28. The van der Waals surface area contributed by atoms with Crippen molar-refractivity contribution in [2.24, 2.45) is 0 Å². The van der Waals surface area contributed by atoms with E-state index < -0.39 is 19.8 Å². The van der Waals surface area contributed by atoms with E-state index in [1.807, 2.05) is 31.2 Å². The Morgan fingerprint density at radius 1 is 0.808 bits per heavy atom. The monoisotopic (exact) mass is 393 g/mol. The van der Waals surface area contributed by atoms with E-state index in [2.05, 4.69) is 4.90 Å². The van der Waals surface area contributed by atoms with Crippen LogP contribution in [0.5, 0.6) is 0 Å². The molecule has 26 heavy (non-hydrogen) atoms. The lowest BCUT2D eigenvalue weighted by Gasteiger charge is -2.35. The molecular formula is C18H23N3O3S2. The van der Waals surface area contributed by atoms with Crippen LogP contribution in [0.1, 0.15) is 5.56 Å². The Hall–Kier alpha value is -1.90. The number of hydrogen-bond acceptors (Lipinski definition) is 5. The molecule has 1 heterocycles. The Balaban J connectivity index is 1.70. The van der Waals surface area contributed by atoms with Gasteiger partial charge in [-0.1, -0.05) is 17.7 Å². The zero-order chi connectivity index (χ0) is 18.9. The van der Waals surface area contributed by atoms with Gasteiger partial charge in [0.2, 0.25) is 10.0 Å². The quantitative estimate of drug-likeness (QED) is 0.865. The molecule has 0 aliphatic carbocycles. The molecule has 0 radical (unpaired) electrons. The Morgan fingerprint density at radius 2 is 1.31 bits per heavy atom. The predicted octanol–water partition coefficient (Wildman–Crippen LogP) is 2.54. The summed E-state index contributed by atoms with van der Waals surface area (Å²) in [5, 5.41) is 0. The number of rotatable bonds is 4. The van der Waals surface area contributed by atoms with Crippen LogP contribution in [0.25, 0.3) is 0 Å². The molecule has 1 unspecified atom stereocenters. The lowest BCUT2D eigenvalue weighted by atomic mass is 10.2. The van der Waals surface area contributed by atoms with Crippen molar-refractivity contribution < 1.29 is 12.6 Å². The van der Waals surface area contributed by atoms with Crippen LogP contribution in [0.2, 0.25) is 0 Å². The van der Waals surface area contributed by atoms with Crippen LogP contribution < -0.4 is 4.90 Å². The van der Waals surface area contributed by atoms with E-state index in [0.717, 1.165) is 11.3 Å². The molecule has 1 fully saturated rings. The normalized spacial score (nSPS) is 18.5. The SMILES string of the molecule is Cc1ccc(S(=O)(=O)N2CCN(c3ccc(S(C)(=N)=O)cc3)CC2)cc1. The number of aryl methyl sites for hydroxylation is 1. The summed E-state index contributed by atoms with van der Waals surface area (Å²) in [4.78, 5) is 2.93. The van der Waals surface area contributed by atoms with Gasteiger partial charge in [0.05, 0.1) is 14.6 Å². The van der Waals surface area contributed by atoms with Crippen LogP contribution in [0.3, 0.4) is 0 Å². The third-order valence-corrected chi connectivity index (χ3v) is 7.63. The molecule has 0 amide bonds. The van der Waals surface area contributed by atoms with Crippen LogP contribution in [-0.4, -0.2) is 49.4 Å². The summed E-state index contributed by atoms with van der Waals surface area (Å²) < 4.78 is 46.4. The number of benzene rings is 2. The average Bonchev–Trinajstić information content (AvgIpc) is 2.62. The smallest absolute Gasteiger partial charge is 0.243 e. The lowest BCUT2D eigenvalue weighted by molar-refractivity contribution is 0.385. The number of hydrogen-bond donors (Lipinski definition) is 1. The van der Waals surface area contributed by atoms with Crippen molar-refractivity contribution in [3.63, 3.8) is 0 Å². The molecule has 1 atom stereocenters. The zero-order valence-corrected chi connectivity index (χ0v) is 16.5. The fourth-order valence-electron chi connectivity index (χ4n) is 2.96. The molecular weight excluding hydrogens is 370 g/mol. The van der Waals surface area contributed by atoms with E-state index in [4.69, 9.17) is 4.78 Å². The van der Waals surface area contributed by atoms with Crippen molar-refractivity contribution in [3.8, 4) is 0 Å². The molecule has 1 N–H and O–H groups in total. The van der Waals surface area contributed by atoms with Crippen LogP contribution >= 0.6 is 0 Å². The van der Waals surface area contributed by atoms with Crippen molar-refractivity contribution in [3.05, 3.63) is 54.1 Å². The summed E-state index contributed by atoms with van der Waals surface area (Å²) in [5.74, 6) is 0. The number of anilines is 1. The minimum absolute atomic E-state index is 0.328. The van der Waals surface area contributed by atoms with Crippen molar-refractivity contribution in [1.82, 2.24) is 4.31 Å². The first-order valence-electron chi connectivity index (χ1n) is 8.33. The van der Waals surface area contributed by atoms with Gasteiger partial charge >= 0.3 is 0 Å².